The molecule has 5 nitrogen and oxygen atoms in total. The maximum Gasteiger partial charge on any atom is 0.181 e. The van der Waals surface area contributed by atoms with E-state index in [1.54, 1.807) is 24.3 Å². The number of nitrogens with two attached hydrogens (primary N) is 1. The van der Waals surface area contributed by atoms with Gasteiger partial charge in [-0.15, -0.1) is 0 Å². The Bertz CT molecular complexity index is 489. The number of aromatic hydroxyl groups is 1. The number of phenols is 1. The van der Waals surface area contributed by atoms with Crippen LogP contribution < -0.4 is 5.73 Å². The number of phenolic OH excluding ortho intramolecular Hbond substituents is 1. The van der Waals surface area contributed by atoms with Crippen molar-refractivity contribution in [1.29, 1.82) is 0 Å². The van der Waals surface area contributed by atoms with Gasteiger partial charge >= 0.3 is 0 Å². The molecule has 0 aliphatic heterocycles. The van der Waals surface area contributed by atoms with Gasteiger partial charge in [-0.25, -0.2) is 4.98 Å². The van der Waals surface area contributed by atoms with Crippen LogP contribution in [0.25, 0.3) is 11.4 Å². The standard InChI is InChI=1S/C12H16N4O/c1-7(2)10(13)12-14-11(15-16-12)8-3-5-9(17)6-4-8/h3-7,10,17H,13H2,1-2H3,(H,14,15,16). The number of rotatable bonds is 3. The molecule has 4 N–H and O–H groups in total. The SMILES string of the molecule is CC(C)C(N)c1nc(-c2ccc(O)cc2)n[nH]1. The Morgan fingerprint density at radius 2 is 1.88 bits per heavy atom. The van der Waals surface area contributed by atoms with E-state index in [0.717, 1.165) is 5.56 Å². The van der Waals surface area contributed by atoms with E-state index in [-0.39, 0.29) is 11.8 Å². The van der Waals surface area contributed by atoms with Crippen molar-refractivity contribution in [1.82, 2.24) is 15.2 Å². The Morgan fingerprint density at radius 1 is 1.24 bits per heavy atom. The zero-order valence-electron chi connectivity index (χ0n) is 9.88. The Morgan fingerprint density at radius 3 is 2.47 bits per heavy atom. The predicted octanol–water partition coefficient (Wildman–Crippen LogP) is 1.83. The molecule has 1 unspecified atom stereocenters. The van der Waals surface area contributed by atoms with Crippen LogP contribution in [0.2, 0.25) is 0 Å². The second kappa shape index (κ2) is 4.55. The van der Waals surface area contributed by atoms with Crippen LogP contribution in [0.5, 0.6) is 5.75 Å². The average Bonchev–Trinajstić information content (AvgIpc) is 2.78. The molecule has 0 saturated carbocycles. The molecule has 0 bridgehead atoms. The molecule has 1 aromatic carbocycles. The van der Waals surface area contributed by atoms with Crippen LogP contribution in [-0.2, 0) is 0 Å². The van der Waals surface area contributed by atoms with E-state index in [0.29, 0.717) is 17.6 Å². The summed E-state index contributed by atoms with van der Waals surface area (Å²) in [6.07, 6.45) is 0. The van der Waals surface area contributed by atoms with Crippen molar-refractivity contribution in [2.45, 2.75) is 19.9 Å². The van der Waals surface area contributed by atoms with E-state index in [1.165, 1.54) is 0 Å². The normalized spacial score (nSPS) is 12.9. The van der Waals surface area contributed by atoms with E-state index in [4.69, 9.17) is 5.73 Å². The monoisotopic (exact) mass is 232 g/mol. The average molecular weight is 232 g/mol. The smallest absolute Gasteiger partial charge is 0.181 e. The molecule has 1 heterocycles. The first-order valence-electron chi connectivity index (χ1n) is 5.55. The minimum absolute atomic E-state index is 0.145. The number of nitrogens with zero attached hydrogens (tertiary/aromatic N) is 2. The van der Waals surface area contributed by atoms with Gasteiger partial charge in [-0.2, -0.15) is 5.10 Å². The largest absolute Gasteiger partial charge is 0.508 e. The van der Waals surface area contributed by atoms with Crippen LogP contribution in [0.3, 0.4) is 0 Å². The second-order valence-corrected chi connectivity index (χ2v) is 4.36. The van der Waals surface area contributed by atoms with Crippen LogP contribution in [0.15, 0.2) is 24.3 Å². The maximum atomic E-state index is 9.20. The lowest BCUT2D eigenvalue weighted by atomic mass is 10.1. The Labute approximate surface area is 99.7 Å². The molecular weight excluding hydrogens is 216 g/mol. The lowest BCUT2D eigenvalue weighted by Gasteiger charge is -2.11. The Hall–Kier alpha value is -1.88. The van der Waals surface area contributed by atoms with Crippen molar-refractivity contribution in [3.05, 3.63) is 30.1 Å². The summed E-state index contributed by atoms with van der Waals surface area (Å²) in [4.78, 5) is 4.36. The molecule has 1 aromatic heterocycles. The summed E-state index contributed by atoms with van der Waals surface area (Å²) in [5.41, 5.74) is 6.83. The van der Waals surface area contributed by atoms with Gasteiger partial charge in [0.1, 0.15) is 11.6 Å². The number of benzene rings is 1. The highest BCUT2D eigenvalue weighted by Gasteiger charge is 2.15. The summed E-state index contributed by atoms with van der Waals surface area (Å²) in [7, 11) is 0. The first-order valence-corrected chi connectivity index (χ1v) is 5.55. The van der Waals surface area contributed by atoms with Crippen molar-refractivity contribution < 1.29 is 5.11 Å². The van der Waals surface area contributed by atoms with Crippen molar-refractivity contribution in [2.24, 2.45) is 11.7 Å². The summed E-state index contributed by atoms with van der Waals surface area (Å²) >= 11 is 0. The van der Waals surface area contributed by atoms with E-state index in [1.807, 2.05) is 13.8 Å². The first-order chi connectivity index (χ1) is 8.08. The van der Waals surface area contributed by atoms with Crippen molar-refractivity contribution in [3.63, 3.8) is 0 Å². The molecule has 90 valence electrons. The van der Waals surface area contributed by atoms with Gasteiger partial charge in [0.25, 0.3) is 0 Å². The summed E-state index contributed by atoms with van der Waals surface area (Å²) in [6.45, 7) is 4.07. The van der Waals surface area contributed by atoms with Crippen LogP contribution in [-0.4, -0.2) is 20.3 Å². The fourth-order valence-electron chi connectivity index (χ4n) is 1.48. The highest BCUT2D eigenvalue weighted by Crippen LogP contribution is 2.21. The summed E-state index contributed by atoms with van der Waals surface area (Å²) in [5, 5.41) is 16.2. The van der Waals surface area contributed by atoms with Gasteiger partial charge < -0.3 is 10.8 Å². The Kier molecular flexibility index (Phi) is 3.10. The van der Waals surface area contributed by atoms with Gasteiger partial charge in [0.2, 0.25) is 0 Å². The van der Waals surface area contributed by atoms with Crippen LogP contribution in [0.4, 0.5) is 0 Å². The van der Waals surface area contributed by atoms with E-state index in [2.05, 4.69) is 15.2 Å². The van der Waals surface area contributed by atoms with Gasteiger partial charge in [0.05, 0.1) is 6.04 Å². The van der Waals surface area contributed by atoms with Crippen LogP contribution in [0, 0.1) is 5.92 Å². The quantitative estimate of drug-likeness (QED) is 0.753. The van der Waals surface area contributed by atoms with Gasteiger partial charge in [0.15, 0.2) is 5.82 Å². The number of aromatic nitrogens is 3. The lowest BCUT2D eigenvalue weighted by Crippen LogP contribution is -2.18. The molecule has 0 amide bonds. The van der Waals surface area contributed by atoms with Gasteiger partial charge in [-0.1, -0.05) is 13.8 Å². The van der Waals surface area contributed by atoms with E-state index in [9.17, 15) is 5.11 Å². The molecule has 1 atom stereocenters. The highest BCUT2D eigenvalue weighted by molar-refractivity contribution is 5.55. The summed E-state index contributed by atoms with van der Waals surface area (Å²) in [5.74, 6) is 1.80. The van der Waals surface area contributed by atoms with Crippen LogP contribution >= 0.6 is 0 Å². The number of aromatic amines is 1. The topological polar surface area (TPSA) is 87.8 Å². The van der Waals surface area contributed by atoms with Crippen molar-refractivity contribution in [3.8, 4) is 17.1 Å². The summed E-state index contributed by atoms with van der Waals surface area (Å²) in [6, 6.07) is 6.60. The highest BCUT2D eigenvalue weighted by atomic mass is 16.3. The molecule has 17 heavy (non-hydrogen) atoms. The van der Waals surface area contributed by atoms with Gasteiger partial charge in [-0.05, 0) is 30.2 Å². The maximum absolute atomic E-state index is 9.20. The predicted molar refractivity (Wildman–Crippen MR) is 65.2 cm³/mol. The Balaban J connectivity index is 2.26. The minimum atomic E-state index is -0.145. The van der Waals surface area contributed by atoms with Gasteiger partial charge in [-0.3, -0.25) is 5.10 Å². The summed E-state index contributed by atoms with van der Waals surface area (Å²) < 4.78 is 0. The number of nitrogens with one attached hydrogen (secondary N) is 1. The molecular formula is C12H16N4O. The molecule has 0 aliphatic rings. The van der Waals surface area contributed by atoms with Crippen molar-refractivity contribution in [2.75, 3.05) is 0 Å². The molecule has 0 aliphatic carbocycles. The zero-order chi connectivity index (χ0) is 12.4. The third-order valence-electron chi connectivity index (χ3n) is 2.66. The van der Waals surface area contributed by atoms with Gasteiger partial charge in [0, 0.05) is 5.56 Å². The number of hydrogen-bond donors (Lipinski definition) is 3. The molecule has 2 aromatic rings. The number of hydrogen-bond acceptors (Lipinski definition) is 4. The fraction of sp³-hybridized carbons (Fsp3) is 0.333. The second-order valence-electron chi connectivity index (χ2n) is 4.36. The molecule has 0 spiro atoms. The fourth-order valence-corrected chi connectivity index (χ4v) is 1.48. The molecule has 0 fully saturated rings. The molecule has 5 heteroatoms. The third kappa shape index (κ3) is 2.45. The van der Waals surface area contributed by atoms with E-state index >= 15 is 0 Å². The molecule has 0 saturated heterocycles. The molecule has 0 radical (unpaired) electrons. The van der Waals surface area contributed by atoms with Crippen molar-refractivity contribution >= 4 is 0 Å². The van der Waals surface area contributed by atoms with Crippen LogP contribution in [0.1, 0.15) is 25.7 Å². The lowest BCUT2D eigenvalue weighted by molar-refractivity contribution is 0.475. The number of H-pyrrole nitrogens is 1. The third-order valence-corrected chi connectivity index (χ3v) is 2.66. The molecule has 2 rings (SSSR count). The zero-order valence-corrected chi connectivity index (χ0v) is 9.88. The minimum Gasteiger partial charge on any atom is -0.508 e. The van der Waals surface area contributed by atoms with E-state index < -0.39 is 0 Å². The first kappa shape index (κ1) is 11.6.